The van der Waals surface area contributed by atoms with E-state index in [1.807, 2.05) is 30.3 Å². The van der Waals surface area contributed by atoms with E-state index in [0.29, 0.717) is 22.6 Å². The van der Waals surface area contributed by atoms with Crippen molar-refractivity contribution in [3.8, 4) is 0 Å². The van der Waals surface area contributed by atoms with E-state index >= 15 is 0 Å². The normalized spacial score (nSPS) is 14.9. The van der Waals surface area contributed by atoms with Crippen molar-refractivity contribution in [2.24, 2.45) is 0 Å². The van der Waals surface area contributed by atoms with Crippen molar-refractivity contribution < 1.29 is 9.53 Å². The van der Waals surface area contributed by atoms with Crippen molar-refractivity contribution in [1.29, 1.82) is 0 Å². The Balaban J connectivity index is 1.50. The first-order valence-corrected chi connectivity index (χ1v) is 9.78. The molecule has 1 saturated heterocycles. The number of fused-ring (bicyclic) bond motifs is 1. The van der Waals surface area contributed by atoms with Crippen LogP contribution < -0.4 is 5.32 Å². The van der Waals surface area contributed by atoms with Crippen LogP contribution in [0.3, 0.4) is 0 Å². The van der Waals surface area contributed by atoms with Crippen LogP contribution in [0.4, 0.5) is 0 Å². The molecule has 4 rings (SSSR count). The summed E-state index contributed by atoms with van der Waals surface area (Å²) in [7, 11) is 0. The summed E-state index contributed by atoms with van der Waals surface area (Å²) in [5.41, 5.74) is 3.49. The van der Waals surface area contributed by atoms with Crippen LogP contribution in [0.25, 0.3) is 10.9 Å². The molecule has 144 valence electrons. The minimum Gasteiger partial charge on any atom is -0.379 e. The molecule has 0 unspecified atom stereocenters. The molecule has 1 aliphatic heterocycles. The molecule has 0 bridgehead atoms. The van der Waals surface area contributed by atoms with Crippen molar-refractivity contribution in [3.63, 3.8) is 0 Å². The zero-order chi connectivity index (χ0) is 19.3. The average molecular weight is 396 g/mol. The third-order valence-corrected chi connectivity index (χ3v) is 5.19. The van der Waals surface area contributed by atoms with Crippen LogP contribution in [0.2, 0.25) is 5.02 Å². The first-order chi connectivity index (χ1) is 13.7. The molecule has 5 nitrogen and oxygen atoms in total. The lowest BCUT2D eigenvalue weighted by Gasteiger charge is -2.27. The summed E-state index contributed by atoms with van der Waals surface area (Å²) in [6.07, 6.45) is 1.69. The number of rotatable bonds is 5. The molecule has 1 fully saturated rings. The Hall–Kier alpha value is -2.47. The Labute approximate surface area is 169 Å². The Morgan fingerprint density at radius 1 is 1.11 bits per heavy atom. The Morgan fingerprint density at radius 3 is 2.71 bits per heavy atom. The van der Waals surface area contributed by atoms with Gasteiger partial charge in [-0.1, -0.05) is 41.9 Å². The van der Waals surface area contributed by atoms with Crippen LogP contribution >= 0.6 is 11.6 Å². The number of hydrogen-bond donors (Lipinski definition) is 1. The van der Waals surface area contributed by atoms with E-state index in [1.54, 1.807) is 12.3 Å². The number of nitrogens with zero attached hydrogens (tertiary/aromatic N) is 2. The maximum Gasteiger partial charge on any atom is 0.253 e. The molecule has 1 aromatic heterocycles. The molecule has 0 saturated carbocycles. The van der Waals surface area contributed by atoms with Gasteiger partial charge in [-0.15, -0.1) is 0 Å². The van der Waals surface area contributed by atoms with Crippen molar-refractivity contribution in [2.75, 3.05) is 26.3 Å². The van der Waals surface area contributed by atoms with Gasteiger partial charge in [0.2, 0.25) is 0 Å². The number of halogens is 1. The third kappa shape index (κ3) is 4.33. The number of amides is 1. The van der Waals surface area contributed by atoms with E-state index < -0.39 is 0 Å². The molecule has 0 aliphatic carbocycles. The summed E-state index contributed by atoms with van der Waals surface area (Å²) in [5, 5.41) is 4.41. The standard InChI is InChI=1S/C22H22ClN3O2/c23-19-12-16-6-3-7-24-21(16)20(13-19)22(27)25-14-17-4-1-2-5-18(17)15-26-8-10-28-11-9-26/h1-7,12-13H,8-11,14-15H2,(H,25,27). The van der Waals surface area contributed by atoms with Crippen molar-refractivity contribution in [1.82, 2.24) is 15.2 Å². The van der Waals surface area contributed by atoms with E-state index in [4.69, 9.17) is 16.3 Å². The van der Waals surface area contributed by atoms with E-state index in [9.17, 15) is 4.79 Å². The van der Waals surface area contributed by atoms with Crippen LogP contribution in [0, 0.1) is 0 Å². The number of aromatic nitrogens is 1. The van der Waals surface area contributed by atoms with Crippen LogP contribution in [-0.4, -0.2) is 42.1 Å². The fourth-order valence-corrected chi connectivity index (χ4v) is 3.71. The molecule has 1 amide bonds. The predicted molar refractivity (Wildman–Crippen MR) is 110 cm³/mol. The molecule has 0 spiro atoms. The third-order valence-electron chi connectivity index (χ3n) is 4.97. The lowest BCUT2D eigenvalue weighted by molar-refractivity contribution is 0.0340. The SMILES string of the molecule is O=C(NCc1ccccc1CN1CCOCC1)c1cc(Cl)cc2cccnc12. The number of morpholine rings is 1. The summed E-state index contributed by atoms with van der Waals surface area (Å²) < 4.78 is 5.43. The van der Waals surface area contributed by atoms with Gasteiger partial charge in [-0.05, 0) is 29.3 Å². The molecular weight excluding hydrogens is 374 g/mol. The molecular formula is C22H22ClN3O2. The molecule has 2 aromatic carbocycles. The molecule has 28 heavy (non-hydrogen) atoms. The van der Waals surface area contributed by atoms with Crippen molar-refractivity contribution in [3.05, 3.63) is 76.4 Å². The number of ether oxygens (including phenoxy) is 1. The highest BCUT2D eigenvalue weighted by Crippen LogP contribution is 2.22. The number of hydrogen-bond acceptors (Lipinski definition) is 4. The van der Waals surface area contributed by atoms with E-state index in [-0.39, 0.29) is 5.91 Å². The summed E-state index contributed by atoms with van der Waals surface area (Å²) in [6, 6.07) is 15.4. The maximum absolute atomic E-state index is 12.8. The fraction of sp³-hybridized carbons (Fsp3) is 0.273. The second kappa shape index (κ2) is 8.69. The molecule has 0 radical (unpaired) electrons. The van der Waals surface area contributed by atoms with Crippen LogP contribution in [-0.2, 0) is 17.8 Å². The van der Waals surface area contributed by atoms with Crippen molar-refractivity contribution in [2.45, 2.75) is 13.1 Å². The summed E-state index contributed by atoms with van der Waals surface area (Å²) in [5.74, 6) is -0.174. The van der Waals surface area contributed by atoms with Gasteiger partial charge in [-0.25, -0.2) is 0 Å². The van der Waals surface area contributed by atoms with Crippen LogP contribution in [0.5, 0.6) is 0 Å². The molecule has 1 aliphatic rings. The minimum absolute atomic E-state index is 0.174. The van der Waals surface area contributed by atoms with Gasteiger partial charge in [-0.3, -0.25) is 14.7 Å². The van der Waals surface area contributed by atoms with Crippen LogP contribution in [0.15, 0.2) is 54.7 Å². The smallest absolute Gasteiger partial charge is 0.253 e. The average Bonchev–Trinajstić information content (AvgIpc) is 2.73. The van der Waals surface area contributed by atoms with Gasteiger partial charge in [-0.2, -0.15) is 0 Å². The topological polar surface area (TPSA) is 54.5 Å². The van der Waals surface area contributed by atoms with Gasteiger partial charge in [0.25, 0.3) is 5.91 Å². The summed E-state index contributed by atoms with van der Waals surface area (Å²) in [4.78, 5) is 19.6. The highest BCUT2D eigenvalue weighted by Gasteiger charge is 2.15. The summed E-state index contributed by atoms with van der Waals surface area (Å²) >= 11 is 6.20. The first kappa shape index (κ1) is 18.9. The van der Waals surface area contributed by atoms with Gasteiger partial charge < -0.3 is 10.1 Å². The number of benzene rings is 2. The van der Waals surface area contributed by atoms with E-state index in [2.05, 4.69) is 27.3 Å². The van der Waals surface area contributed by atoms with E-state index in [0.717, 1.165) is 43.8 Å². The quantitative estimate of drug-likeness (QED) is 0.716. The van der Waals surface area contributed by atoms with Gasteiger partial charge in [0.05, 0.1) is 24.3 Å². The highest BCUT2D eigenvalue weighted by molar-refractivity contribution is 6.32. The Bertz CT molecular complexity index is 986. The maximum atomic E-state index is 12.8. The molecule has 0 atom stereocenters. The Kier molecular flexibility index (Phi) is 5.86. The minimum atomic E-state index is -0.174. The zero-order valence-corrected chi connectivity index (χ0v) is 16.3. The van der Waals surface area contributed by atoms with Crippen molar-refractivity contribution >= 4 is 28.4 Å². The molecule has 1 N–H and O–H groups in total. The predicted octanol–water partition coefficient (Wildman–Crippen LogP) is 3.65. The van der Waals surface area contributed by atoms with Gasteiger partial charge >= 0.3 is 0 Å². The zero-order valence-electron chi connectivity index (χ0n) is 15.5. The molecule has 3 aromatic rings. The highest BCUT2D eigenvalue weighted by atomic mass is 35.5. The molecule has 6 heteroatoms. The van der Waals surface area contributed by atoms with Gasteiger partial charge in [0.15, 0.2) is 0 Å². The number of carbonyl (C=O) groups is 1. The number of carbonyl (C=O) groups excluding carboxylic acids is 1. The first-order valence-electron chi connectivity index (χ1n) is 9.40. The number of pyridine rings is 1. The lowest BCUT2D eigenvalue weighted by atomic mass is 10.1. The van der Waals surface area contributed by atoms with Crippen LogP contribution in [0.1, 0.15) is 21.5 Å². The van der Waals surface area contributed by atoms with Gasteiger partial charge in [0.1, 0.15) is 0 Å². The largest absolute Gasteiger partial charge is 0.379 e. The lowest BCUT2D eigenvalue weighted by Crippen LogP contribution is -2.36. The Morgan fingerprint density at radius 2 is 1.89 bits per heavy atom. The monoisotopic (exact) mass is 395 g/mol. The number of nitrogens with one attached hydrogen (secondary N) is 1. The van der Waals surface area contributed by atoms with Gasteiger partial charge in [0, 0.05) is 42.8 Å². The van der Waals surface area contributed by atoms with E-state index in [1.165, 1.54) is 5.56 Å². The fourth-order valence-electron chi connectivity index (χ4n) is 3.48. The summed E-state index contributed by atoms with van der Waals surface area (Å²) in [6.45, 7) is 4.72. The second-order valence-corrected chi connectivity index (χ2v) is 7.30. The molecule has 2 heterocycles. The second-order valence-electron chi connectivity index (χ2n) is 6.87.